The summed E-state index contributed by atoms with van der Waals surface area (Å²) in [5, 5.41) is 9.13. The molecule has 1 saturated heterocycles. The second-order valence-corrected chi connectivity index (χ2v) is 10.4. The Hall–Kier alpha value is -4.15. The Kier molecular flexibility index (Phi) is 4.51. The molecule has 3 atom stereocenters. The van der Waals surface area contributed by atoms with Crippen LogP contribution in [0.4, 0.5) is 5.69 Å². The van der Waals surface area contributed by atoms with Crippen LogP contribution in [0.25, 0.3) is 28.3 Å². The summed E-state index contributed by atoms with van der Waals surface area (Å²) in [6.45, 7) is 2.49. The molecule has 2 aliphatic heterocycles. The van der Waals surface area contributed by atoms with Crippen molar-refractivity contribution < 1.29 is 4.79 Å². The van der Waals surface area contributed by atoms with E-state index in [0.717, 1.165) is 52.7 Å². The number of anilines is 1. The van der Waals surface area contributed by atoms with Gasteiger partial charge in [0, 0.05) is 55.4 Å². The molecule has 0 N–H and O–H groups in total. The zero-order valence-electron chi connectivity index (χ0n) is 20.3. The van der Waals surface area contributed by atoms with Crippen molar-refractivity contribution in [1.82, 2.24) is 19.0 Å². The minimum Gasteiger partial charge on any atom is -0.340 e. The molecule has 0 bridgehead atoms. The maximum absolute atomic E-state index is 13.2. The number of piperidine rings is 1. The largest absolute Gasteiger partial charge is 0.340 e. The fraction of sp³-hybridized carbons (Fsp3) is 0.276. The lowest BCUT2D eigenvalue weighted by Gasteiger charge is -2.23. The molecule has 0 spiro atoms. The number of nitrogens with zero attached hydrogens (tertiary/aromatic N) is 6. The number of nitriles is 1. The van der Waals surface area contributed by atoms with E-state index >= 15 is 0 Å². The van der Waals surface area contributed by atoms with Gasteiger partial charge in [0.25, 0.3) is 0 Å². The number of imidazole rings is 1. The number of hydrogen-bond acceptors (Lipinski definition) is 4. The predicted molar refractivity (Wildman–Crippen MR) is 138 cm³/mol. The van der Waals surface area contributed by atoms with Crippen LogP contribution in [-0.2, 0) is 11.3 Å². The molecule has 1 saturated carbocycles. The molecular weight excluding hydrogens is 448 g/mol. The van der Waals surface area contributed by atoms with Gasteiger partial charge in [0.15, 0.2) is 5.82 Å². The first kappa shape index (κ1) is 21.2. The van der Waals surface area contributed by atoms with Gasteiger partial charge in [-0.3, -0.25) is 9.36 Å². The van der Waals surface area contributed by atoms with Crippen molar-refractivity contribution in [2.45, 2.75) is 6.54 Å². The molecule has 2 aromatic carbocycles. The Morgan fingerprint density at radius 2 is 1.94 bits per heavy atom. The first-order chi connectivity index (χ1) is 17.5. The number of hydrogen-bond donors (Lipinski definition) is 0. The summed E-state index contributed by atoms with van der Waals surface area (Å²) in [5.41, 5.74) is 7.09. The van der Waals surface area contributed by atoms with Crippen LogP contribution in [0.2, 0.25) is 0 Å². The molecule has 7 heteroatoms. The third kappa shape index (κ3) is 3.15. The van der Waals surface area contributed by atoms with Crippen LogP contribution in [0.1, 0.15) is 11.1 Å². The van der Waals surface area contributed by atoms with E-state index in [4.69, 9.17) is 5.26 Å². The maximum atomic E-state index is 13.2. The molecule has 7 nitrogen and oxygen atoms in total. The molecule has 2 fully saturated rings. The molecule has 2 aromatic heterocycles. The van der Waals surface area contributed by atoms with Crippen molar-refractivity contribution in [3.8, 4) is 34.4 Å². The SMILES string of the molecule is CN(C)C[C@@H]1[C@@H]2CN(c3ccc4c(c3)Cn3cc(-c5ccc(C#N)cc5)cc3-c3nccn3-4)C(=O)[C@H]12. The van der Waals surface area contributed by atoms with Gasteiger partial charge in [-0.1, -0.05) is 12.1 Å². The lowest BCUT2D eigenvalue weighted by molar-refractivity contribution is -0.119. The van der Waals surface area contributed by atoms with Crippen molar-refractivity contribution in [2.75, 3.05) is 32.1 Å². The van der Waals surface area contributed by atoms with E-state index in [1.165, 1.54) is 0 Å². The standard InChI is InChI=1S/C29H26N6O/c1-32(2)16-23-24-17-35(29(36)27(23)24)22-7-8-25-21(11-22)15-33-14-20(19-5-3-18(13-30)4-6-19)12-26(33)28-31-9-10-34(25)28/h3-12,14,23-24,27H,15-17H2,1-2H3/t23-,24+,27-/m1/s1. The second-order valence-electron chi connectivity index (χ2n) is 10.4. The van der Waals surface area contributed by atoms with E-state index in [1.807, 2.05) is 41.6 Å². The molecule has 1 amide bonds. The Morgan fingerprint density at radius 1 is 1.11 bits per heavy atom. The fourth-order valence-corrected chi connectivity index (χ4v) is 6.14. The number of fused-ring (bicyclic) bond motifs is 6. The van der Waals surface area contributed by atoms with E-state index in [1.54, 1.807) is 0 Å². The zero-order chi connectivity index (χ0) is 24.6. The highest BCUT2D eigenvalue weighted by Crippen LogP contribution is 2.53. The molecule has 178 valence electrons. The molecule has 0 unspecified atom stereocenters. The maximum Gasteiger partial charge on any atom is 0.230 e. The van der Waals surface area contributed by atoms with Gasteiger partial charge in [-0.25, -0.2) is 4.98 Å². The van der Waals surface area contributed by atoms with Crippen LogP contribution < -0.4 is 4.90 Å². The minimum absolute atomic E-state index is 0.178. The Labute approximate surface area is 209 Å². The van der Waals surface area contributed by atoms with Gasteiger partial charge in [-0.15, -0.1) is 0 Å². The van der Waals surface area contributed by atoms with Crippen LogP contribution in [0.5, 0.6) is 0 Å². The van der Waals surface area contributed by atoms with Gasteiger partial charge < -0.3 is 14.4 Å². The molecule has 0 radical (unpaired) electrons. The third-order valence-corrected chi connectivity index (χ3v) is 7.94. The first-order valence-corrected chi connectivity index (χ1v) is 12.4. The topological polar surface area (TPSA) is 70.1 Å². The van der Waals surface area contributed by atoms with Gasteiger partial charge >= 0.3 is 0 Å². The Balaban J connectivity index is 1.23. The lowest BCUT2D eigenvalue weighted by atomic mass is 10.1. The number of aromatic nitrogens is 3. The second kappa shape index (κ2) is 7.67. The summed E-state index contributed by atoms with van der Waals surface area (Å²) >= 11 is 0. The lowest BCUT2D eigenvalue weighted by Crippen LogP contribution is -2.32. The fourth-order valence-electron chi connectivity index (χ4n) is 6.14. The van der Waals surface area contributed by atoms with Gasteiger partial charge in [0.05, 0.1) is 23.0 Å². The highest BCUT2D eigenvalue weighted by atomic mass is 16.2. The molecule has 3 aliphatic rings. The summed E-state index contributed by atoms with van der Waals surface area (Å²) in [4.78, 5) is 22.1. The molecule has 36 heavy (non-hydrogen) atoms. The summed E-state index contributed by atoms with van der Waals surface area (Å²) in [6.07, 6.45) is 5.99. The quantitative estimate of drug-likeness (QED) is 0.395. The van der Waals surface area contributed by atoms with E-state index in [9.17, 15) is 4.79 Å². The van der Waals surface area contributed by atoms with Crippen molar-refractivity contribution in [1.29, 1.82) is 5.26 Å². The van der Waals surface area contributed by atoms with E-state index in [-0.39, 0.29) is 11.8 Å². The van der Waals surface area contributed by atoms with Crippen molar-refractivity contribution in [2.24, 2.45) is 17.8 Å². The van der Waals surface area contributed by atoms with E-state index in [2.05, 4.69) is 69.6 Å². The van der Waals surface area contributed by atoms with Crippen LogP contribution in [0.3, 0.4) is 0 Å². The van der Waals surface area contributed by atoms with Crippen LogP contribution in [0.15, 0.2) is 67.1 Å². The first-order valence-electron chi connectivity index (χ1n) is 12.4. The molecule has 4 aromatic rings. The monoisotopic (exact) mass is 474 g/mol. The Bertz CT molecular complexity index is 1550. The van der Waals surface area contributed by atoms with Crippen molar-refractivity contribution in [3.05, 3.63) is 78.2 Å². The van der Waals surface area contributed by atoms with E-state index in [0.29, 0.717) is 23.9 Å². The average molecular weight is 475 g/mol. The average Bonchev–Trinajstić information content (AvgIpc) is 3.22. The summed E-state index contributed by atoms with van der Waals surface area (Å²) in [6, 6.07) is 18.4. The smallest absolute Gasteiger partial charge is 0.230 e. The van der Waals surface area contributed by atoms with Gasteiger partial charge in [0.1, 0.15) is 0 Å². The summed E-state index contributed by atoms with van der Waals surface area (Å²) in [5.74, 6) is 2.32. The molecule has 1 aliphatic carbocycles. The van der Waals surface area contributed by atoms with E-state index < -0.39 is 0 Å². The third-order valence-electron chi connectivity index (χ3n) is 7.94. The summed E-state index contributed by atoms with van der Waals surface area (Å²) < 4.78 is 4.37. The van der Waals surface area contributed by atoms with Crippen molar-refractivity contribution in [3.63, 3.8) is 0 Å². The minimum atomic E-state index is 0.178. The Morgan fingerprint density at radius 3 is 2.67 bits per heavy atom. The molecular formula is C29H26N6O. The van der Waals surface area contributed by atoms with Gasteiger partial charge in [-0.2, -0.15) is 5.26 Å². The normalized spacial score (nSPS) is 21.4. The van der Waals surface area contributed by atoms with Gasteiger partial charge in [0.2, 0.25) is 5.91 Å². The number of carbonyl (C=O) groups excluding carboxylic acids is 1. The summed E-state index contributed by atoms with van der Waals surface area (Å²) in [7, 11) is 4.16. The van der Waals surface area contributed by atoms with Gasteiger partial charge in [-0.05, 0) is 73.5 Å². The number of amides is 1. The highest BCUT2D eigenvalue weighted by molar-refractivity contribution is 6.00. The predicted octanol–water partition coefficient (Wildman–Crippen LogP) is 4.01. The number of benzene rings is 2. The zero-order valence-corrected chi connectivity index (χ0v) is 20.3. The van der Waals surface area contributed by atoms with Crippen LogP contribution >= 0.6 is 0 Å². The van der Waals surface area contributed by atoms with Crippen LogP contribution in [0, 0.1) is 29.1 Å². The molecule has 4 heterocycles. The van der Waals surface area contributed by atoms with Crippen molar-refractivity contribution >= 4 is 11.6 Å². The highest BCUT2D eigenvalue weighted by Gasteiger charge is 2.61. The van der Waals surface area contributed by atoms with Crippen LogP contribution in [-0.4, -0.2) is 52.1 Å². The molecule has 7 rings (SSSR count). The number of carbonyl (C=O) groups is 1. The number of rotatable bonds is 4.